The number of hydrogen-bond donors (Lipinski definition) is 2. The maximum Gasteiger partial charge on any atom is 0.225 e. The van der Waals surface area contributed by atoms with E-state index in [1.807, 2.05) is 0 Å². The Morgan fingerprint density at radius 1 is 1.53 bits per heavy atom. The summed E-state index contributed by atoms with van der Waals surface area (Å²) in [6, 6.07) is 0. The van der Waals surface area contributed by atoms with E-state index in [0.717, 1.165) is 32.2 Å². The third-order valence-electron chi connectivity index (χ3n) is 3.62. The fourth-order valence-corrected chi connectivity index (χ4v) is 2.81. The molecule has 1 aliphatic rings. The van der Waals surface area contributed by atoms with Crippen LogP contribution in [0.5, 0.6) is 0 Å². The number of aliphatic hydroxyl groups excluding tert-OH is 1. The lowest BCUT2D eigenvalue weighted by Crippen LogP contribution is -2.39. The fraction of sp³-hybridized carbons (Fsp3) is 0.923. The van der Waals surface area contributed by atoms with Crippen molar-refractivity contribution in [1.29, 1.82) is 0 Å². The molecule has 0 spiro atoms. The van der Waals surface area contributed by atoms with Crippen molar-refractivity contribution >= 4 is 5.91 Å². The predicted molar refractivity (Wildman–Crippen MR) is 68.4 cm³/mol. The Morgan fingerprint density at radius 3 is 2.82 bits per heavy atom. The normalized spacial score (nSPS) is 26.6. The van der Waals surface area contributed by atoms with E-state index in [-0.39, 0.29) is 11.8 Å². The van der Waals surface area contributed by atoms with Crippen molar-refractivity contribution in [2.24, 2.45) is 17.6 Å². The monoisotopic (exact) mass is 242 g/mol. The van der Waals surface area contributed by atoms with Crippen LogP contribution in [0.4, 0.5) is 0 Å². The van der Waals surface area contributed by atoms with Gasteiger partial charge < -0.3 is 15.7 Å². The molecule has 17 heavy (non-hydrogen) atoms. The molecular weight excluding hydrogens is 216 g/mol. The Hall–Kier alpha value is -0.610. The van der Waals surface area contributed by atoms with Gasteiger partial charge >= 0.3 is 0 Å². The standard InChI is InChI=1S/C13H26N2O2/c1-10(16)9-15(2)13(17)12-5-3-4-11(8-12)6-7-14/h10-12,16H,3-9,14H2,1-2H3. The lowest BCUT2D eigenvalue weighted by atomic mass is 9.79. The number of nitrogens with zero attached hydrogens (tertiary/aromatic N) is 1. The smallest absolute Gasteiger partial charge is 0.225 e. The molecule has 0 saturated heterocycles. The minimum atomic E-state index is -0.452. The highest BCUT2D eigenvalue weighted by atomic mass is 16.3. The van der Waals surface area contributed by atoms with Gasteiger partial charge in [0.05, 0.1) is 6.10 Å². The molecule has 1 saturated carbocycles. The van der Waals surface area contributed by atoms with Gasteiger partial charge in [0.2, 0.25) is 5.91 Å². The Morgan fingerprint density at radius 2 is 2.24 bits per heavy atom. The van der Waals surface area contributed by atoms with Gasteiger partial charge in [-0.05, 0) is 38.6 Å². The van der Waals surface area contributed by atoms with Crippen LogP contribution in [0.3, 0.4) is 0 Å². The summed E-state index contributed by atoms with van der Waals surface area (Å²) >= 11 is 0. The summed E-state index contributed by atoms with van der Waals surface area (Å²) in [7, 11) is 1.78. The third kappa shape index (κ3) is 4.64. The number of nitrogens with two attached hydrogens (primary N) is 1. The molecule has 0 aliphatic heterocycles. The van der Waals surface area contributed by atoms with Crippen molar-refractivity contribution in [3.8, 4) is 0 Å². The molecule has 0 heterocycles. The summed E-state index contributed by atoms with van der Waals surface area (Å²) in [5.41, 5.74) is 5.58. The first kappa shape index (κ1) is 14.5. The summed E-state index contributed by atoms with van der Waals surface area (Å²) in [5, 5.41) is 9.30. The summed E-state index contributed by atoms with van der Waals surface area (Å²) in [6.45, 7) is 2.86. The zero-order valence-electron chi connectivity index (χ0n) is 11.1. The van der Waals surface area contributed by atoms with E-state index in [9.17, 15) is 9.90 Å². The molecule has 0 bridgehead atoms. The van der Waals surface area contributed by atoms with E-state index in [1.54, 1.807) is 18.9 Å². The molecule has 3 atom stereocenters. The van der Waals surface area contributed by atoms with Crippen LogP contribution >= 0.6 is 0 Å². The topological polar surface area (TPSA) is 66.6 Å². The second-order valence-electron chi connectivity index (χ2n) is 5.37. The van der Waals surface area contributed by atoms with Crippen molar-refractivity contribution in [2.75, 3.05) is 20.1 Å². The zero-order chi connectivity index (χ0) is 12.8. The SMILES string of the molecule is CC(O)CN(C)C(=O)C1CCCC(CCN)C1. The van der Waals surface area contributed by atoms with Crippen LogP contribution in [0.15, 0.2) is 0 Å². The van der Waals surface area contributed by atoms with Crippen LogP contribution in [-0.4, -0.2) is 42.2 Å². The van der Waals surface area contributed by atoms with Gasteiger partial charge in [0.15, 0.2) is 0 Å². The molecule has 1 aliphatic carbocycles. The van der Waals surface area contributed by atoms with E-state index in [4.69, 9.17) is 5.73 Å². The highest BCUT2D eigenvalue weighted by Crippen LogP contribution is 2.31. The molecule has 4 heteroatoms. The Labute approximate surface area is 104 Å². The van der Waals surface area contributed by atoms with Gasteiger partial charge in [-0.15, -0.1) is 0 Å². The molecule has 1 fully saturated rings. The molecule has 100 valence electrons. The van der Waals surface area contributed by atoms with Crippen molar-refractivity contribution in [3.63, 3.8) is 0 Å². The van der Waals surface area contributed by atoms with Crippen molar-refractivity contribution in [1.82, 2.24) is 4.90 Å². The minimum Gasteiger partial charge on any atom is -0.392 e. The summed E-state index contributed by atoms with van der Waals surface area (Å²) in [4.78, 5) is 13.8. The highest BCUT2D eigenvalue weighted by molar-refractivity contribution is 5.78. The second kappa shape index (κ2) is 6.97. The van der Waals surface area contributed by atoms with Crippen LogP contribution < -0.4 is 5.73 Å². The number of rotatable bonds is 5. The van der Waals surface area contributed by atoms with Crippen LogP contribution in [0, 0.1) is 11.8 Å². The van der Waals surface area contributed by atoms with Crippen LogP contribution in [0.25, 0.3) is 0 Å². The first-order valence-electron chi connectivity index (χ1n) is 6.67. The molecule has 0 aromatic heterocycles. The number of aliphatic hydroxyl groups is 1. The first-order valence-corrected chi connectivity index (χ1v) is 6.67. The lowest BCUT2D eigenvalue weighted by Gasteiger charge is -2.31. The van der Waals surface area contributed by atoms with E-state index in [0.29, 0.717) is 12.5 Å². The maximum atomic E-state index is 12.2. The molecule has 3 N–H and O–H groups in total. The van der Waals surface area contributed by atoms with Crippen molar-refractivity contribution in [2.45, 2.75) is 45.1 Å². The summed E-state index contributed by atoms with van der Waals surface area (Å²) < 4.78 is 0. The third-order valence-corrected chi connectivity index (χ3v) is 3.62. The van der Waals surface area contributed by atoms with Gasteiger partial charge in [-0.2, -0.15) is 0 Å². The quantitative estimate of drug-likeness (QED) is 0.755. The van der Waals surface area contributed by atoms with Gasteiger partial charge in [0.1, 0.15) is 0 Å². The van der Waals surface area contributed by atoms with Crippen LogP contribution in [0.2, 0.25) is 0 Å². The summed E-state index contributed by atoms with van der Waals surface area (Å²) in [5.74, 6) is 0.944. The largest absolute Gasteiger partial charge is 0.392 e. The minimum absolute atomic E-state index is 0.143. The highest BCUT2D eigenvalue weighted by Gasteiger charge is 2.28. The molecule has 0 aromatic rings. The van der Waals surface area contributed by atoms with Crippen LogP contribution in [-0.2, 0) is 4.79 Å². The van der Waals surface area contributed by atoms with E-state index >= 15 is 0 Å². The molecule has 4 nitrogen and oxygen atoms in total. The lowest BCUT2D eigenvalue weighted by molar-refractivity contribution is -0.137. The van der Waals surface area contributed by atoms with Crippen LogP contribution in [0.1, 0.15) is 39.0 Å². The average molecular weight is 242 g/mol. The molecule has 3 unspecified atom stereocenters. The number of amides is 1. The molecule has 0 aromatic carbocycles. The van der Waals surface area contributed by atoms with Gasteiger partial charge in [0.25, 0.3) is 0 Å². The maximum absolute atomic E-state index is 12.2. The molecule has 1 rings (SSSR count). The Balaban J connectivity index is 2.45. The van der Waals surface area contributed by atoms with Crippen molar-refractivity contribution in [3.05, 3.63) is 0 Å². The number of carbonyl (C=O) groups excluding carboxylic acids is 1. The molecule has 0 radical (unpaired) electrons. The number of carbonyl (C=O) groups is 1. The average Bonchev–Trinajstić information content (AvgIpc) is 2.28. The van der Waals surface area contributed by atoms with E-state index in [1.165, 1.54) is 6.42 Å². The Kier molecular flexibility index (Phi) is 5.92. The number of likely N-dealkylation sites (N-methyl/N-ethyl adjacent to an activating group) is 1. The zero-order valence-corrected chi connectivity index (χ0v) is 11.1. The predicted octanol–water partition coefficient (Wildman–Crippen LogP) is 0.981. The van der Waals surface area contributed by atoms with Gasteiger partial charge in [0, 0.05) is 19.5 Å². The Bertz CT molecular complexity index is 242. The second-order valence-corrected chi connectivity index (χ2v) is 5.37. The molecular formula is C13H26N2O2. The van der Waals surface area contributed by atoms with Gasteiger partial charge in [-0.3, -0.25) is 4.79 Å². The summed E-state index contributed by atoms with van der Waals surface area (Å²) in [6.07, 6.45) is 4.88. The molecule has 1 amide bonds. The van der Waals surface area contributed by atoms with E-state index < -0.39 is 6.10 Å². The fourth-order valence-electron chi connectivity index (χ4n) is 2.81. The van der Waals surface area contributed by atoms with Crippen molar-refractivity contribution < 1.29 is 9.90 Å². The number of hydrogen-bond acceptors (Lipinski definition) is 3. The van der Waals surface area contributed by atoms with Gasteiger partial charge in [-0.25, -0.2) is 0 Å². The van der Waals surface area contributed by atoms with E-state index in [2.05, 4.69) is 0 Å². The van der Waals surface area contributed by atoms with Gasteiger partial charge in [-0.1, -0.05) is 12.8 Å². The first-order chi connectivity index (χ1) is 8.04.